The van der Waals surface area contributed by atoms with Gasteiger partial charge in [-0.1, -0.05) is 12.1 Å². The SMILES string of the molecule is CCc1noc(C)c1C(=O)Nc1nc(-c2ccc(OC)c(F)c2)cs1. The fourth-order valence-electron chi connectivity index (χ4n) is 2.40. The highest BCUT2D eigenvalue weighted by Crippen LogP contribution is 2.29. The van der Waals surface area contributed by atoms with Gasteiger partial charge in [-0.25, -0.2) is 9.37 Å². The third kappa shape index (κ3) is 3.39. The van der Waals surface area contributed by atoms with Gasteiger partial charge in [0.15, 0.2) is 16.7 Å². The van der Waals surface area contributed by atoms with Crippen molar-refractivity contribution in [2.24, 2.45) is 0 Å². The largest absolute Gasteiger partial charge is 0.494 e. The molecule has 0 aliphatic heterocycles. The third-order valence-corrected chi connectivity index (χ3v) is 4.43. The van der Waals surface area contributed by atoms with Crippen molar-refractivity contribution in [3.05, 3.63) is 46.4 Å². The standard InChI is InChI=1S/C17H16FN3O3S/c1-4-12-15(9(2)24-21-12)16(22)20-17-19-13(8-25-17)10-5-6-14(23-3)11(18)7-10/h5-8H,4H2,1-3H3,(H,19,20,22). The molecule has 0 fully saturated rings. The Labute approximate surface area is 147 Å². The number of carbonyl (C=O) groups is 1. The number of carbonyl (C=O) groups excluding carboxylic acids is 1. The van der Waals surface area contributed by atoms with E-state index in [9.17, 15) is 9.18 Å². The van der Waals surface area contributed by atoms with E-state index in [-0.39, 0.29) is 11.7 Å². The number of thiazole rings is 1. The molecule has 0 saturated heterocycles. The Morgan fingerprint density at radius 1 is 1.44 bits per heavy atom. The van der Waals surface area contributed by atoms with E-state index < -0.39 is 5.82 Å². The maximum Gasteiger partial charge on any atom is 0.262 e. The van der Waals surface area contributed by atoms with Crippen LogP contribution in [0.15, 0.2) is 28.1 Å². The van der Waals surface area contributed by atoms with Crippen molar-refractivity contribution in [3.63, 3.8) is 0 Å². The van der Waals surface area contributed by atoms with Crippen molar-refractivity contribution >= 4 is 22.4 Å². The predicted octanol–water partition coefficient (Wildman–Crippen LogP) is 4.07. The molecular weight excluding hydrogens is 345 g/mol. The summed E-state index contributed by atoms with van der Waals surface area (Å²) in [6.07, 6.45) is 0.592. The first-order valence-electron chi connectivity index (χ1n) is 7.59. The molecule has 3 aromatic rings. The minimum atomic E-state index is -0.466. The molecule has 2 heterocycles. The van der Waals surface area contributed by atoms with Gasteiger partial charge in [0.05, 0.1) is 18.5 Å². The van der Waals surface area contributed by atoms with Crippen LogP contribution in [0.25, 0.3) is 11.3 Å². The van der Waals surface area contributed by atoms with Gasteiger partial charge in [-0.3, -0.25) is 10.1 Å². The summed E-state index contributed by atoms with van der Waals surface area (Å²) < 4.78 is 23.8. The van der Waals surface area contributed by atoms with Gasteiger partial charge in [0.1, 0.15) is 11.3 Å². The lowest BCUT2D eigenvalue weighted by Gasteiger charge is -2.03. The van der Waals surface area contributed by atoms with Crippen LogP contribution in [0.5, 0.6) is 5.75 Å². The maximum absolute atomic E-state index is 13.8. The Morgan fingerprint density at radius 2 is 2.24 bits per heavy atom. The number of halogens is 1. The van der Waals surface area contributed by atoms with Crippen LogP contribution in [0.2, 0.25) is 0 Å². The fourth-order valence-corrected chi connectivity index (χ4v) is 3.11. The van der Waals surface area contributed by atoms with Gasteiger partial charge >= 0.3 is 0 Å². The summed E-state index contributed by atoms with van der Waals surface area (Å²) in [7, 11) is 1.41. The Kier molecular flexibility index (Phi) is 4.80. The number of nitrogens with one attached hydrogen (secondary N) is 1. The Hall–Kier alpha value is -2.74. The molecule has 0 aliphatic rings. The van der Waals surface area contributed by atoms with Crippen LogP contribution in [0.1, 0.15) is 28.7 Å². The number of amides is 1. The van der Waals surface area contributed by atoms with Gasteiger partial charge in [0, 0.05) is 10.9 Å². The molecule has 0 atom stereocenters. The van der Waals surface area contributed by atoms with Gasteiger partial charge in [-0.2, -0.15) is 0 Å². The summed E-state index contributed by atoms with van der Waals surface area (Å²) in [5.74, 6) is -0.158. The smallest absolute Gasteiger partial charge is 0.262 e. The molecular formula is C17H16FN3O3S. The van der Waals surface area contributed by atoms with Crippen molar-refractivity contribution in [2.75, 3.05) is 12.4 Å². The number of ether oxygens (including phenoxy) is 1. The lowest BCUT2D eigenvalue weighted by Crippen LogP contribution is -2.14. The van der Waals surface area contributed by atoms with Crippen LogP contribution in [-0.2, 0) is 6.42 Å². The molecule has 0 aliphatic carbocycles. The molecule has 1 aromatic carbocycles. The monoisotopic (exact) mass is 361 g/mol. The summed E-state index contributed by atoms with van der Waals surface area (Å²) in [5, 5.41) is 8.77. The molecule has 0 saturated carbocycles. The molecule has 0 unspecified atom stereocenters. The van der Waals surface area contributed by atoms with E-state index in [0.717, 1.165) is 0 Å². The average Bonchev–Trinajstić information content (AvgIpc) is 3.21. The summed E-state index contributed by atoms with van der Waals surface area (Å²) in [6.45, 7) is 3.59. The fraction of sp³-hybridized carbons (Fsp3) is 0.235. The minimum Gasteiger partial charge on any atom is -0.494 e. The van der Waals surface area contributed by atoms with Gasteiger partial charge in [-0.05, 0) is 31.5 Å². The molecule has 1 N–H and O–H groups in total. The second kappa shape index (κ2) is 7.02. The van der Waals surface area contributed by atoms with Crippen molar-refractivity contribution < 1.29 is 18.4 Å². The molecule has 3 rings (SSSR count). The molecule has 130 valence electrons. The van der Waals surface area contributed by atoms with Crippen LogP contribution >= 0.6 is 11.3 Å². The van der Waals surface area contributed by atoms with E-state index >= 15 is 0 Å². The van der Waals surface area contributed by atoms with E-state index in [1.54, 1.807) is 18.4 Å². The van der Waals surface area contributed by atoms with Crippen LogP contribution in [0.4, 0.5) is 9.52 Å². The number of hydrogen-bond acceptors (Lipinski definition) is 6. The second-order valence-electron chi connectivity index (χ2n) is 5.26. The highest BCUT2D eigenvalue weighted by Gasteiger charge is 2.20. The average molecular weight is 361 g/mol. The van der Waals surface area contributed by atoms with E-state index in [1.165, 1.54) is 30.6 Å². The highest BCUT2D eigenvalue weighted by molar-refractivity contribution is 7.14. The van der Waals surface area contributed by atoms with E-state index in [2.05, 4.69) is 15.5 Å². The van der Waals surface area contributed by atoms with Crippen LogP contribution in [0.3, 0.4) is 0 Å². The van der Waals surface area contributed by atoms with Crippen molar-refractivity contribution in [2.45, 2.75) is 20.3 Å². The molecule has 0 spiro atoms. The maximum atomic E-state index is 13.8. The zero-order valence-corrected chi connectivity index (χ0v) is 14.7. The van der Waals surface area contributed by atoms with Gasteiger partial charge < -0.3 is 9.26 Å². The van der Waals surface area contributed by atoms with Gasteiger partial charge in [-0.15, -0.1) is 11.3 Å². The van der Waals surface area contributed by atoms with Crippen molar-refractivity contribution in [1.82, 2.24) is 10.1 Å². The number of nitrogens with zero attached hydrogens (tertiary/aromatic N) is 2. The number of rotatable bonds is 5. The molecule has 1 amide bonds. The minimum absolute atomic E-state index is 0.169. The molecule has 8 heteroatoms. The second-order valence-corrected chi connectivity index (χ2v) is 6.11. The first-order valence-corrected chi connectivity index (χ1v) is 8.47. The predicted molar refractivity (Wildman–Crippen MR) is 92.6 cm³/mol. The first-order chi connectivity index (χ1) is 12.0. The number of aryl methyl sites for hydroxylation is 2. The topological polar surface area (TPSA) is 77.3 Å². The molecule has 6 nitrogen and oxygen atoms in total. The summed E-state index contributed by atoms with van der Waals surface area (Å²) in [4.78, 5) is 16.8. The lowest BCUT2D eigenvalue weighted by molar-refractivity contribution is 0.102. The quantitative estimate of drug-likeness (QED) is 0.741. The van der Waals surface area contributed by atoms with Crippen LogP contribution in [-0.4, -0.2) is 23.2 Å². The first kappa shape index (κ1) is 17.1. The normalized spacial score (nSPS) is 10.7. The third-order valence-electron chi connectivity index (χ3n) is 3.67. The molecule has 0 radical (unpaired) electrons. The van der Waals surface area contributed by atoms with Gasteiger partial charge in [0.25, 0.3) is 5.91 Å². The molecule has 0 bridgehead atoms. The lowest BCUT2D eigenvalue weighted by atomic mass is 10.1. The molecule has 25 heavy (non-hydrogen) atoms. The van der Waals surface area contributed by atoms with E-state index in [0.29, 0.717) is 39.8 Å². The Bertz CT molecular complexity index is 920. The van der Waals surface area contributed by atoms with Crippen LogP contribution < -0.4 is 10.1 Å². The van der Waals surface area contributed by atoms with Crippen molar-refractivity contribution in [1.29, 1.82) is 0 Å². The summed E-state index contributed by atoms with van der Waals surface area (Å²) in [5.41, 5.74) is 2.20. The van der Waals surface area contributed by atoms with E-state index in [1.807, 2.05) is 6.92 Å². The number of aromatic nitrogens is 2. The number of methoxy groups -OCH3 is 1. The summed E-state index contributed by atoms with van der Waals surface area (Å²) in [6, 6.07) is 4.59. The number of anilines is 1. The van der Waals surface area contributed by atoms with E-state index in [4.69, 9.17) is 9.26 Å². The van der Waals surface area contributed by atoms with Crippen molar-refractivity contribution in [3.8, 4) is 17.0 Å². The summed E-state index contributed by atoms with van der Waals surface area (Å²) >= 11 is 1.26. The zero-order chi connectivity index (χ0) is 18.0. The molecule has 2 aromatic heterocycles. The van der Waals surface area contributed by atoms with Gasteiger partial charge in [0.2, 0.25) is 0 Å². The number of hydrogen-bond donors (Lipinski definition) is 1. The van der Waals surface area contributed by atoms with Crippen LogP contribution in [0, 0.1) is 12.7 Å². The highest BCUT2D eigenvalue weighted by atomic mass is 32.1. The Balaban J connectivity index is 1.81. The zero-order valence-electron chi connectivity index (χ0n) is 13.9. The Morgan fingerprint density at radius 3 is 2.92 bits per heavy atom. The number of benzene rings is 1.